The molecule has 0 bridgehead atoms. The van der Waals surface area contributed by atoms with Crippen molar-refractivity contribution in [3.63, 3.8) is 0 Å². The maximum atomic E-state index is 12.3. The molecule has 0 aliphatic carbocycles. The minimum absolute atomic E-state index is 0.0196. The summed E-state index contributed by atoms with van der Waals surface area (Å²) in [5, 5.41) is 0. The molecule has 0 fully saturated rings. The highest BCUT2D eigenvalue weighted by Crippen LogP contribution is 2.07. The number of carbonyl (C=O) groups excluding carboxylic acids is 2. The summed E-state index contributed by atoms with van der Waals surface area (Å²) in [4.78, 5) is 31.7. The molecule has 126 valence electrons. The minimum Gasteiger partial charge on any atom is -0.341 e. The van der Waals surface area contributed by atoms with Crippen LogP contribution >= 0.6 is 0 Å². The third-order valence-electron chi connectivity index (χ3n) is 3.81. The highest BCUT2D eigenvalue weighted by molar-refractivity contribution is 5.78. The summed E-state index contributed by atoms with van der Waals surface area (Å²) in [5.74, 6) is -0.0368. The van der Waals surface area contributed by atoms with Crippen LogP contribution in [0.15, 0.2) is 54.7 Å². The number of rotatable bonds is 7. The van der Waals surface area contributed by atoms with Gasteiger partial charge in [0.25, 0.3) is 0 Å². The van der Waals surface area contributed by atoms with E-state index in [0.29, 0.717) is 26.1 Å². The standard InChI is InChI=1S/C19H23N3O2/c1-16(23)22(15-18-10-6-7-12-20-18)13-11-19(24)21(2)14-17-8-4-3-5-9-17/h3-10,12H,11,13-15H2,1-2H3. The van der Waals surface area contributed by atoms with Gasteiger partial charge in [0.05, 0.1) is 12.2 Å². The molecular formula is C19H23N3O2. The van der Waals surface area contributed by atoms with Crippen LogP contribution in [0, 0.1) is 0 Å². The van der Waals surface area contributed by atoms with Crippen LogP contribution in [0.2, 0.25) is 0 Å². The van der Waals surface area contributed by atoms with Gasteiger partial charge in [0.2, 0.25) is 11.8 Å². The molecule has 2 aromatic rings. The van der Waals surface area contributed by atoms with Gasteiger partial charge in [0.1, 0.15) is 0 Å². The maximum Gasteiger partial charge on any atom is 0.224 e. The first kappa shape index (κ1) is 17.7. The van der Waals surface area contributed by atoms with Crippen molar-refractivity contribution in [2.75, 3.05) is 13.6 Å². The molecule has 2 rings (SSSR count). The monoisotopic (exact) mass is 325 g/mol. The Hall–Kier alpha value is -2.69. The summed E-state index contributed by atoms with van der Waals surface area (Å²) in [5.41, 5.74) is 1.91. The molecule has 1 aromatic heterocycles. The van der Waals surface area contributed by atoms with Gasteiger partial charge in [-0.25, -0.2) is 0 Å². The van der Waals surface area contributed by atoms with E-state index in [9.17, 15) is 9.59 Å². The fourth-order valence-corrected chi connectivity index (χ4v) is 2.40. The van der Waals surface area contributed by atoms with Gasteiger partial charge < -0.3 is 9.80 Å². The first-order valence-corrected chi connectivity index (χ1v) is 7.99. The predicted molar refractivity (Wildman–Crippen MR) is 92.9 cm³/mol. The molecular weight excluding hydrogens is 302 g/mol. The van der Waals surface area contributed by atoms with E-state index >= 15 is 0 Å². The van der Waals surface area contributed by atoms with Gasteiger partial charge in [-0.2, -0.15) is 0 Å². The SMILES string of the molecule is CC(=O)N(CCC(=O)N(C)Cc1ccccc1)Cc1ccccn1. The Balaban J connectivity index is 1.86. The topological polar surface area (TPSA) is 53.5 Å². The Labute approximate surface area is 142 Å². The second-order valence-corrected chi connectivity index (χ2v) is 5.75. The van der Waals surface area contributed by atoms with E-state index in [1.807, 2.05) is 48.5 Å². The highest BCUT2D eigenvalue weighted by atomic mass is 16.2. The van der Waals surface area contributed by atoms with Gasteiger partial charge >= 0.3 is 0 Å². The molecule has 0 spiro atoms. The molecule has 0 unspecified atom stereocenters. The summed E-state index contributed by atoms with van der Waals surface area (Å²) in [7, 11) is 1.78. The summed E-state index contributed by atoms with van der Waals surface area (Å²) in [6, 6.07) is 15.4. The summed E-state index contributed by atoms with van der Waals surface area (Å²) >= 11 is 0. The average molecular weight is 325 g/mol. The zero-order chi connectivity index (χ0) is 17.4. The average Bonchev–Trinajstić information content (AvgIpc) is 2.59. The van der Waals surface area contributed by atoms with Crippen LogP contribution in [0.5, 0.6) is 0 Å². The maximum absolute atomic E-state index is 12.3. The Kier molecular flexibility index (Phi) is 6.49. The molecule has 5 heteroatoms. The second-order valence-electron chi connectivity index (χ2n) is 5.75. The van der Waals surface area contributed by atoms with Crippen LogP contribution < -0.4 is 0 Å². The summed E-state index contributed by atoms with van der Waals surface area (Å²) in [6.07, 6.45) is 2.00. The van der Waals surface area contributed by atoms with Crippen molar-refractivity contribution in [1.29, 1.82) is 0 Å². The third-order valence-corrected chi connectivity index (χ3v) is 3.81. The van der Waals surface area contributed by atoms with Crippen LogP contribution in [0.4, 0.5) is 0 Å². The second kappa shape index (κ2) is 8.82. The van der Waals surface area contributed by atoms with Crippen molar-refractivity contribution < 1.29 is 9.59 Å². The molecule has 1 heterocycles. The molecule has 1 aromatic carbocycles. The smallest absolute Gasteiger partial charge is 0.224 e. The van der Waals surface area contributed by atoms with E-state index in [1.165, 1.54) is 6.92 Å². The fraction of sp³-hybridized carbons (Fsp3) is 0.316. The van der Waals surface area contributed by atoms with Gasteiger partial charge in [-0.15, -0.1) is 0 Å². The number of nitrogens with zero attached hydrogens (tertiary/aromatic N) is 3. The molecule has 0 aliphatic heterocycles. The number of pyridine rings is 1. The number of hydrogen-bond donors (Lipinski definition) is 0. The van der Waals surface area contributed by atoms with E-state index < -0.39 is 0 Å². The van der Waals surface area contributed by atoms with Gasteiger partial charge in [-0.1, -0.05) is 36.4 Å². The first-order valence-electron chi connectivity index (χ1n) is 7.99. The Morgan fingerprint density at radius 1 is 1.00 bits per heavy atom. The fourth-order valence-electron chi connectivity index (χ4n) is 2.40. The van der Waals surface area contributed by atoms with Crippen molar-refractivity contribution >= 4 is 11.8 Å². The number of carbonyl (C=O) groups is 2. The van der Waals surface area contributed by atoms with Gasteiger partial charge in [-0.3, -0.25) is 14.6 Å². The molecule has 5 nitrogen and oxygen atoms in total. The van der Waals surface area contributed by atoms with Crippen LogP contribution in [-0.4, -0.2) is 40.2 Å². The molecule has 0 saturated heterocycles. The normalized spacial score (nSPS) is 10.2. The molecule has 0 N–H and O–H groups in total. The number of aromatic nitrogens is 1. The molecule has 0 radical (unpaired) electrons. The van der Waals surface area contributed by atoms with Crippen LogP contribution in [-0.2, 0) is 22.7 Å². The van der Waals surface area contributed by atoms with Crippen molar-refractivity contribution in [3.8, 4) is 0 Å². The van der Waals surface area contributed by atoms with E-state index in [0.717, 1.165) is 11.3 Å². The number of benzene rings is 1. The lowest BCUT2D eigenvalue weighted by molar-refractivity contribution is -0.133. The predicted octanol–water partition coefficient (Wildman–Crippen LogP) is 2.48. The van der Waals surface area contributed by atoms with Crippen LogP contribution in [0.1, 0.15) is 24.6 Å². The Bertz CT molecular complexity index is 659. The van der Waals surface area contributed by atoms with E-state index in [-0.39, 0.29) is 11.8 Å². The van der Waals surface area contributed by atoms with Gasteiger partial charge in [0, 0.05) is 39.7 Å². The lowest BCUT2D eigenvalue weighted by Crippen LogP contribution is -2.34. The zero-order valence-corrected chi connectivity index (χ0v) is 14.2. The van der Waals surface area contributed by atoms with E-state index in [2.05, 4.69) is 4.98 Å². The molecule has 0 saturated carbocycles. The molecule has 2 amide bonds. The molecule has 24 heavy (non-hydrogen) atoms. The van der Waals surface area contributed by atoms with E-state index in [1.54, 1.807) is 23.0 Å². The van der Waals surface area contributed by atoms with Crippen LogP contribution in [0.3, 0.4) is 0 Å². The number of amides is 2. The van der Waals surface area contributed by atoms with E-state index in [4.69, 9.17) is 0 Å². The summed E-state index contributed by atoms with van der Waals surface area (Å²) < 4.78 is 0. The molecule has 0 atom stereocenters. The molecule has 0 aliphatic rings. The lowest BCUT2D eigenvalue weighted by atomic mass is 10.2. The van der Waals surface area contributed by atoms with Gasteiger partial charge in [0.15, 0.2) is 0 Å². The van der Waals surface area contributed by atoms with Gasteiger partial charge in [-0.05, 0) is 17.7 Å². The van der Waals surface area contributed by atoms with Crippen molar-refractivity contribution in [2.24, 2.45) is 0 Å². The zero-order valence-electron chi connectivity index (χ0n) is 14.2. The highest BCUT2D eigenvalue weighted by Gasteiger charge is 2.15. The quantitative estimate of drug-likeness (QED) is 0.786. The van der Waals surface area contributed by atoms with Crippen molar-refractivity contribution in [2.45, 2.75) is 26.4 Å². The first-order chi connectivity index (χ1) is 11.6. The lowest BCUT2D eigenvalue weighted by Gasteiger charge is -2.23. The minimum atomic E-state index is -0.0563. The van der Waals surface area contributed by atoms with Crippen molar-refractivity contribution in [3.05, 3.63) is 66.0 Å². The number of hydrogen-bond acceptors (Lipinski definition) is 3. The largest absolute Gasteiger partial charge is 0.341 e. The third kappa shape index (κ3) is 5.50. The van der Waals surface area contributed by atoms with Crippen molar-refractivity contribution in [1.82, 2.24) is 14.8 Å². The Morgan fingerprint density at radius 3 is 2.33 bits per heavy atom. The summed E-state index contributed by atoms with van der Waals surface area (Å²) in [6.45, 7) is 2.90. The van der Waals surface area contributed by atoms with Crippen LogP contribution in [0.25, 0.3) is 0 Å². The Morgan fingerprint density at radius 2 is 1.71 bits per heavy atom.